The summed E-state index contributed by atoms with van der Waals surface area (Å²) < 4.78 is 10.6. The van der Waals surface area contributed by atoms with Crippen LogP contribution in [0.1, 0.15) is 20.3 Å². The van der Waals surface area contributed by atoms with E-state index in [4.69, 9.17) is 9.26 Å². The molecule has 3 rings (SSSR count). The summed E-state index contributed by atoms with van der Waals surface area (Å²) in [7, 11) is 1.65. The Bertz CT molecular complexity index is 596. The maximum atomic E-state index is 5.42. The highest BCUT2D eigenvalue weighted by molar-refractivity contribution is 5.58. The minimum absolute atomic E-state index is 0.439. The van der Waals surface area contributed by atoms with Gasteiger partial charge in [-0.15, -0.1) is 0 Å². The molecule has 1 aromatic heterocycles. The molecule has 0 amide bonds. The molecule has 0 radical (unpaired) electrons. The molecule has 5 heteroatoms. The zero-order chi connectivity index (χ0) is 14.1. The Balaban J connectivity index is 1.86. The third kappa shape index (κ3) is 2.24. The number of aromatic nitrogens is 2. The highest BCUT2D eigenvalue weighted by Crippen LogP contribution is 2.30. The van der Waals surface area contributed by atoms with E-state index >= 15 is 0 Å². The van der Waals surface area contributed by atoms with E-state index < -0.39 is 0 Å². The Hall–Kier alpha value is -2.04. The molecule has 2 heterocycles. The van der Waals surface area contributed by atoms with Crippen LogP contribution in [0.4, 0.5) is 6.01 Å². The first kappa shape index (κ1) is 13.0. The molecule has 1 saturated heterocycles. The van der Waals surface area contributed by atoms with Crippen LogP contribution in [-0.2, 0) is 0 Å². The first-order valence-electron chi connectivity index (χ1n) is 6.94. The van der Waals surface area contributed by atoms with Gasteiger partial charge in [0.1, 0.15) is 5.75 Å². The molecule has 0 bridgehead atoms. The number of nitrogens with zero attached hydrogens (tertiary/aromatic N) is 3. The summed E-state index contributed by atoms with van der Waals surface area (Å²) in [6.45, 7) is 5.43. The fourth-order valence-electron chi connectivity index (χ4n) is 2.58. The van der Waals surface area contributed by atoms with Crippen molar-refractivity contribution >= 4 is 6.01 Å². The second-order valence-electron chi connectivity index (χ2n) is 5.33. The minimum Gasteiger partial charge on any atom is -0.497 e. The van der Waals surface area contributed by atoms with Crippen molar-refractivity contribution in [3.05, 3.63) is 24.3 Å². The van der Waals surface area contributed by atoms with Crippen LogP contribution < -0.4 is 9.64 Å². The van der Waals surface area contributed by atoms with Gasteiger partial charge in [0.05, 0.1) is 7.11 Å². The fraction of sp³-hybridized carbons (Fsp3) is 0.467. The second-order valence-corrected chi connectivity index (χ2v) is 5.33. The molecule has 0 spiro atoms. The Kier molecular flexibility index (Phi) is 3.34. The second kappa shape index (κ2) is 5.15. The van der Waals surface area contributed by atoms with Crippen LogP contribution in [0.3, 0.4) is 0 Å². The predicted molar refractivity (Wildman–Crippen MR) is 76.9 cm³/mol. The molecule has 5 nitrogen and oxygen atoms in total. The van der Waals surface area contributed by atoms with Crippen molar-refractivity contribution in [3.63, 3.8) is 0 Å². The molecule has 20 heavy (non-hydrogen) atoms. The van der Waals surface area contributed by atoms with Crippen LogP contribution >= 0.6 is 0 Å². The van der Waals surface area contributed by atoms with Crippen molar-refractivity contribution in [1.29, 1.82) is 0 Å². The van der Waals surface area contributed by atoms with Crippen molar-refractivity contribution in [2.75, 3.05) is 18.6 Å². The molecule has 0 saturated carbocycles. The van der Waals surface area contributed by atoms with Gasteiger partial charge in [-0.2, -0.15) is 4.98 Å². The van der Waals surface area contributed by atoms with Gasteiger partial charge >= 0.3 is 6.01 Å². The molecule has 2 unspecified atom stereocenters. The lowest BCUT2D eigenvalue weighted by atomic mass is 10.1. The van der Waals surface area contributed by atoms with E-state index in [1.54, 1.807) is 7.11 Å². The summed E-state index contributed by atoms with van der Waals surface area (Å²) in [6, 6.07) is 8.73. The zero-order valence-electron chi connectivity index (χ0n) is 12.0. The summed E-state index contributed by atoms with van der Waals surface area (Å²) in [4.78, 5) is 6.70. The number of rotatable bonds is 3. The van der Waals surface area contributed by atoms with Crippen LogP contribution in [-0.4, -0.2) is 29.8 Å². The van der Waals surface area contributed by atoms with E-state index in [0.717, 1.165) is 24.3 Å². The average molecular weight is 273 g/mol. The van der Waals surface area contributed by atoms with Gasteiger partial charge in [0, 0.05) is 18.2 Å². The Morgan fingerprint density at radius 1 is 1.35 bits per heavy atom. The molecule has 0 N–H and O–H groups in total. The summed E-state index contributed by atoms with van der Waals surface area (Å²) in [6.07, 6.45) is 1.16. The molecule has 106 valence electrons. The quantitative estimate of drug-likeness (QED) is 0.860. The molecule has 1 fully saturated rings. The average Bonchev–Trinajstić information content (AvgIpc) is 3.07. The largest absolute Gasteiger partial charge is 0.497 e. The van der Waals surface area contributed by atoms with Crippen molar-refractivity contribution in [3.8, 4) is 17.1 Å². The number of hydrogen-bond acceptors (Lipinski definition) is 5. The van der Waals surface area contributed by atoms with E-state index in [0.29, 0.717) is 23.8 Å². The maximum Gasteiger partial charge on any atom is 0.324 e. The minimum atomic E-state index is 0.439. The van der Waals surface area contributed by atoms with Crippen LogP contribution in [0.2, 0.25) is 0 Å². The molecule has 1 aromatic carbocycles. The van der Waals surface area contributed by atoms with Crippen LogP contribution in [0.15, 0.2) is 28.8 Å². The van der Waals surface area contributed by atoms with Crippen molar-refractivity contribution in [2.45, 2.75) is 26.3 Å². The van der Waals surface area contributed by atoms with Crippen molar-refractivity contribution < 1.29 is 9.26 Å². The number of anilines is 1. The highest BCUT2D eigenvalue weighted by Gasteiger charge is 2.31. The van der Waals surface area contributed by atoms with Crippen LogP contribution in [0, 0.1) is 5.92 Å². The molecule has 1 aliphatic rings. The third-order valence-electron chi connectivity index (χ3n) is 4.13. The van der Waals surface area contributed by atoms with Crippen LogP contribution in [0.5, 0.6) is 5.75 Å². The summed E-state index contributed by atoms with van der Waals surface area (Å²) in [5.41, 5.74) is 0.902. The van der Waals surface area contributed by atoms with Gasteiger partial charge in [0.15, 0.2) is 0 Å². The molecular formula is C15H19N3O2. The van der Waals surface area contributed by atoms with Gasteiger partial charge in [-0.3, -0.25) is 0 Å². The third-order valence-corrected chi connectivity index (χ3v) is 4.13. The Morgan fingerprint density at radius 3 is 2.90 bits per heavy atom. The van der Waals surface area contributed by atoms with Crippen molar-refractivity contribution in [2.24, 2.45) is 5.92 Å². The normalized spacial score (nSPS) is 22.2. The van der Waals surface area contributed by atoms with E-state index in [1.165, 1.54) is 0 Å². The lowest BCUT2D eigenvalue weighted by Gasteiger charge is -2.20. The van der Waals surface area contributed by atoms with E-state index in [-0.39, 0.29) is 0 Å². The molecule has 0 aliphatic carbocycles. The summed E-state index contributed by atoms with van der Waals surface area (Å²) in [5, 5.41) is 4.08. The number of methoxy groups -OCH3 is 1. The highest BCUT2D eigenvalue weighted by atomic mass is 16.5. The lowest BCUT2D eigenvalue weighted by Crippen LogP contribution is -2.29. The van der Waals surface area contributed by atoms with Crippen LogP contribution in [0.25, 0.3) is 11.4 Å². The SMILES string of the molecule is COc1cccc(-c2noc(N3CCC(C)C3C)n2)c1. The van der Waals surface area contributed by atoms with Gasteiger partial charge in [0.2, 0.25) is 5.82 Å². The number of benzene rings is 1. The Labute approximate surface area is 118 Å². The number of hydrogen-bond donors (Lipinski definition) is 0. The summed E-state index contributed by atoms with van der Waals surface area (Å²) >= 11 is 0. The van der Waals surface area contributed by atoms with Gasteiger partial charge < -0.3 is 14.2 Å². The first-order chi connectivity index (χ1) is 9.69. The van der Waals surface area contributed by atoms with Crippen molar-refractivity contribution in [1.82, 2.24) is 10.1 Å². The molecule has 1 aliphatic heterocycles. The van der Waals surface area contributed by atoms with Gasteiger partial charge in [-0.1, -0.05) is 24.2 Å². The van der Waals surface area contributed by atoms with Gasteiger partial charge in [0.25, 0.3) is 0 Å². The zero-order valence-corrected chi connectivity index (χ0v) is 12.0. The molecule has 2 atom stereocenters. The predicted octanol–water partition coefficient (Wildman–Crippen LogP) is 2.98. The van der Waals surface area contributed by atoms with E-state index in [2.05, 4.69) is 28.9 Å². The standard InChI is InChI=1S/C15H19N3O2/c1-10-7-8-18(11(10)2)15-16-14(17-20-15)12-5-4-6-13(9-12)19-3/h4-6,9-11H,7-8H2,1-3H3. The lowest BCUT2D eigenvalue weighted by molar-refractivity contribution is 0.407. The maximum absolute atomic E-state index is 5.42. The number of ether oxygens (including phenoxy) is 1. The summed E-state index contributed by atoms with van der Waals surface area (Å²) in [5.74, 6) is 2.05. The molecule has 2 aromatic rings. The monoisotopic (exact) mass is 273 g/mol. The fourth-order valence-corrected chi connectivity index (χ4v) is 2.58. The smallest absolute Gasteiger partial charge is 0.324 e. The van der Waals surface area contributed by atoms with E-state index in [1.807, 2.05) is 24.3 Å². The molecular weight excluding hydrogens is 254 g/mol. The first-order valence-corrected chi connectivity index (χ1v) is 6.94. The van der Waals surface area contributed by atoms with Gasteiger partial charge in [-0.05, 0) is 31.4 Å². The Morgan fingerprint density at radius 2 is 2.20 bits per heavy atom. The topological polar surface area (TPSA) is 51.4 Å². The van der Waals surface area contributed by atoms with E-state index in [9.17, 15) is 0 Å². The van der Waals surface area contributed by atoms with Gasteiger partial charge in [-0.25, -0.2) is 0 Å².